The molecule has 1 aromatic heterocycles. The zero-order valence-corrected chi connectivity index (χ0v) is 11.8. The molecule has 0 unspecified atom stereocenters. The van der Waals surface area contributed by atoms with Crippen LogP contribution in [-0.2, 0) is 13.0 Å². The lowest BCUT2D eigenvalue weighted by molar-refractivity contribution is 0.102. The Kier molecular flexibility index (Phi) is 3.40. The van der Waals surface area contributed by atoms with Crippen molar-refractivity contribution in [1.29, 1.82) is 0 Å². The SMILES string of the molecule is O=C(Nc1ccc2c(c1)CNCC2)c1ccoc1Br. The molecule has 2 N–H and O–H groups in total. The highest BCUT2D eigenvalue weighted by atomic mass is 79.9. The van der Waals surface area contributed by atoms with Crippen molar-refractivity contribution < 1.29 is 9.21 Å². The Hall–Kier alpha value is -1.59. The van der Waals surface area contributed by atoms with Crippen LogP contribution in [0.15, 0.2) is 39.6 Å². The maximum Gasteiger partial charge on any atom is 0.260 e. The Balaban J connectivity index is 1.80. The Bertz CT molecular complexity index is 622. The molecule has 1 aromatic carbocycles. The molecule has 4 nitrogen and oxygen atoms in total. The van der Waals surface area contributed by atoms with E-state index in [-0.39, 0.29) is 5.91 Å². The molecule has 0 saturated carbocycles. The second kappa shape index (κ2) is 5.19. The highest BCUT2D eigenvalue weighted by Crippen LogP contribution is 2.22. The number of hydrogen-bond acceptors (Lipinski definition) is 3. The molecule has 98 valence electrons. The molecule has 2 aromatic rings. The van der Waals surface area contributed by atoms with Gasteiger partial charge in [-0.2, -0.15) is 0 Å². The van der Waals surface area contributed by atoms with Gasteiger partial charge in [0.1, 0.15) is 0 Å². The fourth-order valence-corrected chi connectivity index (χ4v) is 2.63. The fourth-order valence-electron chi connectivity index (χ4n) is 2.21. The van der Waals surface area contributed by atoms with Crippen LogP contribution < -0.4 is 10.6 Å². The van der Waals surface area contributed by atoms with E-state index < -0.39 is 0 Å². The molecule has 2 heterocycles. The molecular formula is C14H13BrN2O2. The summed E-state index contributed by atoms with van der Waals surface area (Å²) in [7, 11) is 0. The van der Waals surface area contributed by atoms with E-state index in [0.717, 1.165) is 25.2 Å². The molecule has 0 saturated heterocycles. The van der Waals surface area contributed by atoms with Crippen molar-refractivity contribution in [1.82, 2.24) is 5.32 Å². The number of rotatable bonds is 2. The van der Waals surface area contributed by atoms with Crippen LogP contribution in [0.2, 0.25) is 0 Å². The average Bonchev–Trinajstić information content (AvgIpc) is 2.85. The lowest BCUT2D eigenvalue weighted by Crippen LogP contribution is -2.23. The monoisotopic (exact) mass is 320 g/mol. The van der Waals surface area contributed by atoms with Gasteiger partial charge in [0.25, 0.3) is 5.91 Å². The van der Waals surface area contributed by atoms with Crippen LogP contribution in [0.3, 0.4) is 0 Å². The van der Waals surface area contributed by atoms with Crippen molar-refractivity contribution in [3.8, 4) is 0 Å². The van der Waals surface area contributed by atoms with Gasteiger partial charge in [0.15, 0.2) is 4.67 Å². The highest BCUT2D eigenvalue weighted by Gasteiger charge is 2.14. The van der Waals surface area contributed by atoms with E-state index in [9.17, 15) is 4.79 Å². The summed E-state index contributed by atoms with van der Waals surface area (Å²) >= 11 is 3.20. The number of hydrogen-bond donors (Lipinski definition) is 2. The van der Waals surface area contributed by atoms with E-state index in [4.69, 9.17) is 4.42 Å². The van der Waals surface area contributed by atoms with E-state index in [1.165, 1.54) is 17.4 Å². The largest absolute Gasteiger partial charge is 0.457 e. The van der Waals surface area contributed by atoms with Crippen molar-refractivity contribution in [2.24, 2.45) is 0 Å². The number of amides is 1. The van der Waals surface area contributed by atoms with Crippen LogP contribution in [0.25, 0.3) is 0 Å². The van der Waals surface area contributed by atoms with Gasteiger partial charge in [-0.3, -0.25) is 4.79 Å². The zero-order valence-electron chi connectivity index (χ0n) is 10.2. The van der Waals surface area contributed by atoms with Gasteiger partial charge in [-0.1, -0.05) is 6.07 Å². The van der Waals surface area contributed by atoms with Crippen molar-refractivity contribution in [2.45, 2.75) is 13.0 Å². The number of nitrogens with one attached hydrogen (secondary N) is 2. The molecule has 0 aliphatic carbocycles. The van der Waals surface area contributed by atoms with Gasteiger partial charge in [0.2, 0.25) is 0 Å². The number of carbonyl (C=O) groups is 1. The molecular weight excluding hydrogens is 308 g/mol. The second-order valence-corrected chi connectivity index (χ2v) is 5.19. The van der Waals surface area contributed by atoms with Crippen molar-refractivity contribution in [3.05, 3.63) is 51.9 Å². The van der Waals surface area contributed by atoms with Crippen LogP contribution in [0.5, 0.6) is 0 Å². The summed E-state index contributed by atoms with van der Waals surface area (Å²) in [5, 5.41) is 6.20. The molecule has 19 heavy (non-hydrogen) atoms. The summed E-state index contributed by atoms with van der Waals surface area (Å²) < 4.78 is 5.51. The van der Waals surface area contributed by atoms with Gasteiger partial charge < -0.3 is 15.1 Å². The maximum atomic E-state index is 12.0. The van der Waals surface area contributed by atoms with Gasteiger partial charge in [-0.05, 0) is 58.2 Å². The van der Waals surface area contributed by atoms with E-state index in [1.54, 1.807) is 6.07 Å². The highest BCUT2D eigenvalue weighted by molar-refractivity contribution is 9.10. The second-order valence-electron chi connectivity index (χ2n) is 4.47. The van der Waals surface area contributed by atoms with Crippen LogP contribution in [0, 0.1) is 0 Å². The smallest absolute Gasteiger partial charge is 0.260 e. The number of carbonyl (C=O) groups excluding carboxylic acids is 1. The van der Waals surface area contributed by atoms with Gasteiger partial charge in [0.05, 0.1) is 11.8 Å². The minimum Gasteiger partial charge on any atom is -0.457 e. The van der Waals surface area contributed by atoms with Gasteiger partial charge in [0, 0.05) is 12.2 Å². The minimum absolute atomic E-state index is 0.177. The third-order valence-electron chi connectivity index (χ3n) is 3.21. The Morgan fingerprint density at radius 3 is 3.00 bits per heavy atom. The first kappa shape index (κ1) is 12.4. The van der Waals surface area contributed by atoms with Gasteiger partial charge in [-0.15, -0.1) is 0 Å². The number of furan rings is 1. The molecule has 0 radical (unpaired) electrons. The van der Waals surface area contributed by atoms with Crippen LogP contribution >= 0.6 is 15.9 Å². The molecule has 0 atom stereocenters. The van der Waals surface area contributed by atoms with E-state index in [0.29, 0.717) is 10.2 Å². The third-order valence-corrected chi connectivity index (χ3v) is 3.83. The summed E-state index contributed by atoms with van der Waals surface area (Å²) in [6.07, 6.45) is 2.52. The fraction of sp³-hybridized carbons (Fsp3) is 0.214. The lowest BCUT2D eigenvalue weighted by Gasteiger charge is -2.18. The number of benzene rings is 1. The van der Waals surface area contributed by atoms with Crippen molar-refractivity contribution >= 4 is 27.5 Å². The average molecular weight is 321 g/mol. The van der Waals surface area contributed by atoms with Crippen molar-refractivity contribution in [2.75, 3.05) is 11.9 Å². The molecule has 5 heteroatoms. The first-order valence-electron chi connectivity index (χ1n) is 6.11. The van der Waals surface area contributed by atoms with Gasteiger partial charge in [-0.25, -0.2) is 0 Å². The van der Waals surface area contributed by atoms with Crippen LogP contribution in [-0.4, -0.2) is 12.5 Å². The molecule has 0 bridgehead atoms. The quantitative estimate of drug-likeness (QED) is 0.894. The summed E-state index contributed by atoms with van der Waals surface area (Å²) in [6, 6.07) is 7.68. The molecule has 3 rings (SSSR count). The molecule has 1 aliphatic heterocycles. The van der Waals surface area contributed by atoms with E-state index in [2.05, 4.69) is 32.6 Å². The first-order chi connectivity index (χ1) is 9.24. The van der Waals surface area contributed by atoms with Crippen LogP contribution in [0.1, 0.15) is 21.5 Å². The topological polar surface area (TPSA) is 54.3 Å². The predicted octanol–water partition coefficient (Wildman–Crippen LogP) is 2.94. The van der Waals surface area contributed by atoms with E-state index in [1.807, 2.05) is 12.1 Å². The summed E-state index contributed by atoms with van der Waals surface area (Å²) in [6.45, 7) is 1.87. The van der Waals surface area contributed by atoms with Gasteiger partial charge >= 0.3 is 0 Å². The molecule has 1 aliphatic rings. The Morgan fingerprint density at radius 2 is 2.21 bits per heavy atom. The summed E-state index contributed by atoms with van der Waals surface area (Å²) in [4.78, 5) is 12.0. The summed E-state index contributed by atoms with van der Waals surface area (Å²) in [5.41, 5.74) is 3.90. The number of halogens is 1. The predicted molar refractivity (Wildman–Crippen MR) is 76.2 cm³/mol. The zero-order chi connectivity index (χ0) is 13.2. The molecule has 0 spiro atoms. The van der Waals surface area contributed by atoms with E-state index >= 15 is 0 Å². The Morgan fingerprint density at radius 1 is 1.32 bits per heavy atom. The first-order valence-corrected chi connectivity index (χ1v) is 6.90. The Labute approximate surface area is 119 Å². The lowest BCUT2D eigenvalue weighted by atomic mass is 10.0. The number of fused-ring (bicyclic) bond motifs is 1. The molecule has 0 fully saturated rings. The van der Waals surface area contributed by atoms with Crippen molar-refractivity contribution in [3.63, 3.8) is 0 Å². The third kappa shape index (κ3) is 2.57. The normalized spacial score (nSPS) is 13.9. The van der Waals surface area contributed by atoms with Crippen LogP contribution in [0.4, 0.5) is 5.69 Å². The molecule has 1 amide bonds. The minimum atomic E-state index is -0.177. The summed E-state index contributed by atoms with van der Waals surface area (Å²) in [5.74, 6) is -0.177. The number of anilines is 1. The standard InChI is InChI=1S/C14H13BrN2O2/c15-13-12(4-6-19-13)14(18)17-11-2-1-9-3-5-16-8-10(9)7-11/h1-2,4,6-7,16H,3,5,8H2,(H,17,18). The maximum absolute atomic E-state index is 12.0.